The summed E-state index contributed by atoms with van der Waals surface area (Å²) >= 11 is 0. The van der Waals surface area contributed by atoms with Gasteiger partial charge in [-0.2, -0.15) is 4.31 Å². The molecule has 0 bridgehead atoms. The number of anilines is 2. The molecule has 0 spiro atoms. The van der Waals surface area contributed by atoms with Gasteiger partial charge in [-0.05, 0) is 36.9 Å². The summed E-state index contributed by atoms with van der Waals surface area (Å²) in [7, 11) is -1.58. The molecule has 2 aromatic rings. The van der Waals surface area contributed by atoms with Crippen molar-refractivity contribution in [2.24, 2.45) is 0 Å². The lowest BCUT2D eigenvalue weighted by atomic mass is 10.2. The molecule has 8 nitrogen and oxygen atoms in total. The minimum atomic E-state index is -3.67. The number of hydrogen-bond donors (Lipinski definition) is 0. The van der Waals surface area contributed by atoms with Crippen LogP contribution in [0.15, 0.2) is 30.3 Å². The van der Waals surface area contributed by atoms with Gasteiger partial charge in [0.2, 0.25) is 10.0 Å². The second-order valence-electron chi connectivity index (χ2n) is 7.96. The van der Waals surface area contributed by atoms with Crippen LogP contribution in [0.2, 0.25) is 0 Å². The van der Waals surface area contributed by atoms with Crippen molar-refractivity contribution < 1.29 is 17.2 Å². The van der Waals surface area contributed by atoms with E-state index in [1.165, 1.54) is 4.31 Å². The van der Waals surface area contributed by atoms with Crippen molar-refractivity contribution in [3.63, 3.8) is 0 Å². The van der Waals surface area contributed by atoms with Crippen LogP contribution in [-0.2, 0) is 15.8 Å². The van der Waals surface area contributed by atoms with Gasteiger partial charge in [0, 0.05) is 58.4 Å². The first-order chi connectivity index (χ1) is 14.8. The van der Waals surface area contributed by atoms with Crippen LogP contribution in [0.4, 0.5) is 20.4 Å². The maximum atomic E-state index is 13.4. The number of rotatable bonds is 5. The Labute approximate surface area is 181 Å². The summed E-state index contributed by atoms with van der Waals surface area (Å²) in [5.41, 5.74) is 0.102. The molecule has 2 fully saturated rings. The van der Waals surface area contributed by atoms with Gasteiger partial charge in [0.25, 0.3) is 0 Å². The van der Waals surface area contributed by atoms with E-state index in [4.69, 9.17) is 0 Å². The lowest BCUT2D eigenvalue weighted by molar-refractivity contribution is 0.312. The molecule has 3 heterocycles. The summed E-state index contributed by atoms with van der Waals surface area (Å²) in [6, 6.07) is 6.70. The topological polar surface area (TPSA) is 72.9 Å². The first-order valence-corrected chi connectivity index (χ1v) is 11.9. The highest BCUT2D eigenvalue weighted by molar-refractivity contribution is 7.88. The summed E-state index contributed by atoms with van der Waals surface area (Å²) in [4.78, 5) is 6.47. The molecule has 0 amide bonds. The van der Waals surface area contributed by atoms with E-state index < -0.39 is 27.4 Å². The van der Waals surface area contributed by atoms with E-state index >= 15 is 0 Å². The average molecular weight is 453 g/mol. The molecular weight excluding hydrogens is 426 g/mol. The van der Waals surface area contributed by atoms with Crippen molar-refractivity contribution in [1.82, 2.24) is 19.4 Å². The molecule has 0 saturated carbocycles. The van der Waals surface area contributed by atoms with Crippen LogP contribution in [0.1, 0.15) is 5.56 Å². The molecule has 1 aromatic heterocycles. The van der Waals surface area contributed by atoms with E-state index in [0.717, 1.165) is 50.2 Å². The van der Waals surface area contributed by atoms with E-state index in [-0.39, 0.29) is 18.7 Å². The smallest absolute Gasteiger partial charge is 0.218 e. The average Bonchev–Trinajstić information content (AvgIpc) is 2.73. The van der Waals surface area contributed by atoms with Gasteiger partial charge < -0.3 is 14.7 Å². The number of sulfonamides is 1. The zero-order valence-electron chi connectivity index (χ0n) is 17.4. The van der Waals surface area contributed by atoms with Gasteiger partial charge in [-0.25, -0.2) is 17.2 Å². The molecule has 31 heavy (non-hydrogen) atoms. The molecule has 0 atom stereocenters. The highest BCUT2D eigenvalue weighted by Crippen LogP contribution is 2.20. The molecule has 2 aliphatic heterocycles. The summed E-state index contributed by atoms with van der Waals surface area (Å²) in [5.74, 6) is -0.439. The third kappa shape index (κ3) is 5.28. The number of hydrogen-bond acceptors (Lipinski definition) is 7. The molecule has 11 heteroatoms. The normalized spacial score (nSPS) is 19.1. The Morgan fingerprint density at radius 3 is 1.77 bits per heavy atom. The van der Waals surface area contributed by atoms with E-state index in [1.54, 1.807) is 0 Å². The van der Waals surface area contributed by atoms with Gasteiger partial charge in [-0.1, -0.05) is 0 Å². The molecule has 0 N–H and O–H groups in total. The molecule has 0 radical (unpaired) electrons. The number of piperazine rings is 2. The first kappa shape index (κ1) is 21.8. The van der Waals surface area contributed by atoms with E-state index in [2.05, 4.69) is 27.0 Å². The number of nitrogens with zero attached hydrogens (tertiary/aromatic N) is 6. The van der Waals surface area contributed by atoms with Gasteiger partial charge in [0.1, 0.15) is 11.6 Å². The van der Waals surface area contributed by atoms with Crippen LogP contribution in [0, 0.1) is 11.6 Å². The zero-order valence-corrected chi connectivity index (χ0v) is 18.2. The fourth-order valence-corrected chi connectivity index (χ4v) is 5.37. The molecule has 168 valence electrons. The third-order valence-electron chi connectivity index (χ3n) is 5.69. The van der Waals surface area contributed by atoms with E-state index in [0.29, 0.717) is 18.9 Å². The molecule has 2 saturated heterocycles. The molecule has 0 aliphatic carbocycles. The quantitative estimate of drug-likeness (QED) is 0.674. The summed E-state index contributed by atoms with van der Waals surface area (Å²) in [5, 5.41) is 8.70. The van der Waals surface area contributed by atoms with Gasteiger partial charge in [0.15, 0.2) is 11.6 Å². The minimum absolute atomic E-state index is 0.102. The van der Waals surface area contributed by atoms with E-state index in [9.17, 15) is 17.2 Å². The number of halogens is 2. The van der Waals surface area contributed by atoms with Crippen molar-refractivity contribution in [2.75, 3.05) is 69.2 Å². The van der Waals surface area contributed by atoms with Crippen LogP contribution in [0.25, 0.3) is 0 Å². The van der Waals surface area contributed by atoms with E-state index in [1.807, 2.05) is 17.0 Å². The number of aromatic nitrogens is 2. The predicted octanol–water partition coefficient (Wildman–Crippen LogP) is 1.16. The maximum Gasteiger partial charge on any atom is 0.218 e. The van der Waals surface area contributed by atoms with Crippen molar-refractivity contribution in [3.8, 4) is 0 Å². The van der Waals surface area contributed by atoms with Crippen LogP contribution in [0.3, 0.4) is 0 Å². The Hall–Kier alpha value is -2.37. The Kier molecular flexibility index (Phi) is 6.35. The molecule has 4 rings (SSSR count). The Bertz CT molecular complexity index is 985. The Morgan fingerprint density at radius 2 is 1.29 bits per heavy atom. The Morgan fingerprint density at radius 1 is 0.806 bits per heavy atom. The van der Waals surface area contributed by atoms with Crippen LogP contribution in [0.5, 0.6) is 0 Å². The molecule has 0 unspecified atom stereocenters. The summed E-state index contributed by atoms with van der Waals surface area (Å²) in [6.45, 7) is 5.30. The number of benzene rings is 1. The SMILES string of the molecule is CN1CCN(c2ccc(N3CCN(S(=O)(=O)Cc4cc(F)cc(F)c4)CC3)nn2)CC1. The molecular formula is C20H26F2N6O2S. The second kappa shape index (κ2) is 9.01. The predicted molar refractivity (Wildman–Crippen MR) is 115 cm³/mol. The highest BCUT2D eigenvalue weighted by atomic mass is 32.2. The van der Waals surface area contributed by atoms with Crippen molar-refractivity contribution in [1.29, 1.82) is 0 Å². The molecule has 1 aromatic carbocycles. The minimum Gasteiger partial charge on any atom is -0.353 e. The maximum absolute atomic E-state index is 13.4. The van der Waals surface area contributed by atoms with Crippen molar-refractivity contribution in [2.45, 2.75) is 5.75 Å². The van der Waals surface area contributed by atoms with Crippen molar-refractivity contribution in [3.05, 3.63) is 47.5 Å². The molecule has 2 aliphatic rings. The van der Waals surface area contributed by atoms with Gasteiger partial charge >= 0.3 is 0 Å². The highest BCUT2D eigenvalue weighted by Gasteiger charge is 2.28. The fraction of sp³-hybridized carbons (Fsp3) is 0.500. The summed E-state index contributed by atoms with van der Waals surface area (Å²) < 4.78 is 53.5. The van der Waals surface area contributed by atoms with Crippen LogP contribution >= 0.6 is 0 Å². The number of likely N-dealkylation sites (N-methyl/N-ethyl adjacent to an activating group) is 1. The lowest BCUT2D eigenvalue weighted by Crippen LogP contribution is -2.49. The first-order valence-electron chi connectivity index (χ1n) is 10.3. The standard InChI is InChI=1S/C20H26F2N6O2S/c1-25-4-6-26(7-5-25)19-2-3-20(24-23-19)27-8-10-28(11-9-27)31(29,30)15-16-12-17(21)14-18(22)13-16/h2-3,12-14H,4-11,15H2,1H3. The van der Waals surface area contributed by atoms with Crippen molar-refractivity contribution >= 4 is 21.7 Å². The fourth-order valence-electron chi connectivity index (χ4n) is 3.88. The lowest BCUT2D eigenvalue weighted by Gasteiger charge is -2.35. The Balaban J connectivity index is 1.34. The van der Waals surface area contributed by atoms with Crippen LogP contribution in [-0.4, -0.2) is 87.2 Å². The summed E-state index contributed by atoms with van der Waals surface area (Å²) in [6.07, 6.45) is 0. The largest absolute Gasteiger partial charge is 0.353 e. The zero-order chi connectivity index (χ0) is 22.0. The van der Waals surface area contributed by atoms with Crippen LogP contribution < -0.4 is 9.80 Å². The van der Waals surface area contributed by atoms with Gasteiger partial charge in [-0.15, -0.1) is 10.2 Å². The second-order valence-corrected chi connectivity index (χ2v) is 9.93. The third-order valence-corrected chi connectivity index (χ3v) is 7.54. The monoisotopic (exact) mass is 452 g/mol. The van der Waals surface area contributed by atoms with Gasteiger partial charge in [0.05, 0.1) is 5.75 Å². The van der Waals surface area contributed by atoms with Gasteiger partial charge in [-0.3, -0.25) is 0 Å².